The van der Waals surface area contributed by atoms with Gasteiger partial charge in [0.1, 0.15) is 3.72 Å². The number of rotatable bonds is 1. The fraction of sp³-hybridized carbons (Fsp3) is 0.333. The van der Waals surface area contributed by atoms with E-state index in [-0.39, 0.29) is 3.90 Å². The fourth-order valence-electron chi connectivity index (χ4n) is 0.103. The Balaban J connectivity index is 3.45. The molecule has 8 heavy (non-hydrogen) atoms. The van der Waals surface area contributed by atoms with Gasteiger partial charge in [0.2, 0.25) is 0 Å². The highest BCUT2D eigenvalue weighted by Gasteiger charge is 1.84. The summed E-state index contributed by atoms with van der Waals surface area (Å²) in [5.74, 6) is 0. The second kappa shape index (κ2) is 4.48. The van der Waals surface area contributed by atoms with E-state index in [1.165, 1.54) is 0 Å². The summed E-state index contributed by atoms with van der Waals surface area (Å²) < 4.78 is 0.864. The molecule has 0 saturated heterocycles. The van der Waals surface area contributed by atoms with E-state index >= 15 is 0 Å². The number of hydrogen-bond acceptors (Lipinski definition) is 3. The van der Waals surface area contributed by atoms with E-state index < -0.39 is 0 Å². The quantitative estimate of drug-likeness (QED) is 0.339. The Morgan fingerprint density at radius 3 is 2.25 bits per heavy atom. The van der Waals surface area contributed by atoms with Gasteiger partial charge in [0.15, 0.2) is 0 Å². The molecule has 0 aliphatic heterocycles. The lowest BCUT2D eigenvalue weighted by Crippen LogP contribution is -1.86. The smallest absolute Gasteiger partial charge is 0.278 e. The molecule has 46 valence electrons. The zero-order valence-electron chi connectivity index (χ0n) is 4.11. The molecule has 0 fully saturated rings. The SMILES string of the molecule is C/C(I)=N\OC(=N)I. The van der Waals surface area contributed by atoms with Gasteiger partial charge in [-0.3, -0.25) is 5.41 Å². The summed E-state index contributed by atoms with van der Waals surface area (Å²) in [5, 5.41) is 10.2. The number of oxime groups is 1. The normalized spacial score (nSPS) is 11.1. The molecule has 0 saturated carbocycles. The van der Waals surface area contributed by atoms with Gasteiger partial charge in [-0.2, -0.15) is 0 Å². The molecule has 1 N–H and O–H groups in total. The molecular formula is C3H4I2N2O. The average molecular weight is 338 g/mol. The van der Waals surface area contributed by atoms with Crippen molar-refractivity contribution in [3.05, 3.63) is 0 Å². The summed E-state index contributed by atoms with van der Waals surface area (Å²) in [7, 11) is 0. The van der Waals surface area contributed by atoms with Gasteiger partial charge in [-0.1, -0.05) is 5.16 Å². The predicted octanol–water partition coefficient (Wildman–Crippen LogP) is 2.14. The third kappa shape index (κ3) is 6.60. The van der Waals surface area contributed by atoms with Crippen LogP contribution in [0.2, 0.25) is 0 Å². The molecule has 0 aliphatic carbocycles. The average Bonchev–Trinajstić information content (AvgIpc) is 1.61. The van der Waals surface area contributed by atoms with Crippen LogP contribution in [0.4, 0.5) is 0 Å². The number of hydrogen-bond donors (Lipinski definition) is 1. The van der Waals surface area contributed by atoms with Crippen LogP contribution < -0.4 is 0 Å². The summed E-state index contributed by atoms with van der Waals surface area (Å²) in [6, 6.07) is 0. The molecule has 0 atom stereocenters. The number of halogens is 2. The Kier molecular flexibility index (Phi) is 4.81. The van der Waals surface area contributed by atoms with E-state index in [0.29, 0.717) is 0 Å². The van der Waals surface area contributed by atoms with Crippen LogP contribution in [-0.4, -0.2) is 7.62 Å². The minimum absolute atomic E-state index is 0.0821. The van der Waals surface area contributed by atoms with Crippen molar-refractivity contribution in [2.75, 3.05) is 0 Å². The van der Waals surface area contributed by atoms with Crippen molar-refractivity contribution in [2.24, 2.45) is 5.16 Å². The topological polar surface area (TPSA) is 45.4 Å². The first-order valence-electron chi connectivity index (χ1n) is 1.74. The Hall–Kier alpha value is 0.600. The van der Waals surface area contributed by atoms with Crippen LogP contribution >= 0.6 is 45.2 Å². The number of nitrogens with zero attached hydrogens (tertiary/aromatic N) is 1. The molecule has 0 aromatic heterocycles. The van der Waals surface area contributed by atoms with Crippen LogP contribution in [0.15, 0.2) is 5.16 Å². The molecule has 0 heterocycles. The van der Waals surface area contributed by atoms with E-state index in [4.69, 9.17) is 5.41 Å². The van der Waals surface area contributed by atoms with Crippen molar-refractivity contribution in [1.82, 2.24) is 0 Å². The van der Waals surface area contributed by atoms with Gasteiger partial charge in [-0.15, -0.1) is 0 Å². The molecular weight excluding hydrogens is 334 g/mol. The van der Waals surface area contributed by atoms with E-state index in [1.54, 1.807) is 29.5 Å². The van der Waals surface area contributed by atoms with Crippen molar-refractivity contribution in [2.45, 2.75) is 6.92 Å². The van der Waals surface area contributed by atoms with Gasteiger partial charge >= 0.3 is 0 Å². The van der Waals surface area contributed by atoms with Crippen molar-refractivity contribution >= 4 is 52.8 Å². The number of nitrogens with one attached hydrogen (secondary N) is 1. The lowest BCUT2D eigenvalue weighted by atomic mass is 10.9. The zero-order valence-corrected chi connectivity index (χ0v) is 8.43. The predicted molar refractivity (Wildman–Crippen MR) is 50.0 cm³/mol. The minimum atomic E-state index is 0.0821. The van der Waals surface area contributed by atoms with E-state index in [1.807, 2.05) is 22.6 Å². The van der Waals surface area contributed by atoms with Crippen LogP contribution in [0.5, 0.6) is 0 Å². The Morgan fingerprint density at radius 1 is 1.62 bits per heavy atom. The first-order chi connectivity index (χ1) is 3.63. The molecule has 5 heteroatoms. The van der Waals surface area contributed by atoms with Crippen LogP contribution in [-0.2, 0) is 4.84 Å². The van der Waals surface area contributed by atoms with Gasteiger partial charge < -0.3 is 4.84 Å². The summed E-state index contributed by atoms with van der Waals surface area (Å²) >= 11 is 3.73. The lowest BCUT2D eigenvalue weighted by Gasteiger charge is -1.88. The van der Waals surface area contributed by atoms with Gasteiger partial charge in [0.05, 0.1) is 0 Å². The first-order valence-corrected chi connectivity index (χ1v) is 3.90. The highest BCUT2D eigenvalue weighted by Crippen LogP contribution is 1.93. The maximum absolute atomic E-state index is 6.74. The molecule has 0 amide bonds. The molecule has 0 aliphatic rings. The molecule has 0 bridgehead atoms. The molecule has 0 unspecified atom stereocenters. The maximum atomic E-state index is 6.74. The Morgan fingerprint density at radius 2 is 2.12 bits per heavy atom. The largest absolute Gasteiger partial charge is 0.330 e. The van der Waals surface area contributed by atoms with E-state index in [2.05, 4.69) is 9.99 Å². The van der Waals surface area contributed by atoms with Crippen molar-refractivity contribution in [3.63, 3.8) is 0 Å². The molecule has 3 nitrogen and oxygen atoms in total. The van der Waals surface area contributed by atoms with Gasteiger partial charge in [-0.25, -0.2) is 0 Å². The summed E-state index contributed by atoms with van der Waals surface area (Å²) in [5.41, 5.74) is 0. The third-order valence-electron chi connectivity index (χ3n) is 0.252. The lowest BCUT2D eigenvalue weighted by molar-refractivity contribution is 0.341. The second-order valence-corrected chi connectivity index (χ2v) is 3.49. The van der Waals surface area contributed by atoms with Crippen LogP contribution in [0.3, 0.4) is 0 Å². The van der Waals surface area contributed by atoms with Crippen LogP contribution in [0.1, 0.15) is 6.92 Å². The zero-order chi connectivity index (χ0) is 6.57. The highest BCUT2D eigenvalue weighted by molar-refractivity contribution is 14.1. The first kappa shape index (κ1) is 8.60. The third-order valence-corrected chi connectivity index (χ3v) is 0.645. The highest BCUT2D eigenvalue weighted by atomic mass is 127. The van der Waals surface area contributed by atoms with Gasteiger partial charge in [-0.05, 0) is 29.5 Å². The summed E-state index contributed by atoms with van der Waals surface area (Å²) in [6.07, 6.45) is 0. The molecule has 0 spiro atoms. The fourth-order valence-corrected chi connectivity index (χ4v) is 0.300. The van der Waals surface area contributed by atoms with Gasteiger partial charge in [0, 0.05) is 22.6 Å². The minimum Gasteiger partial charge on any atom is -0.330 e. The standard InChI is InChI=1S/C3H4I2N2O/c1-2(4)7-8-3(5)6/h6H,1H3/b6-3?,7-2+. The molecule has 0 rings (SSSR count). The van der Waals surface area contributed by atoms with Crippen LogP contribution in [0, 0.1) is 5.41 Å². The summed E-state index contributed by atoms with van der Waals surface area (Å²) in [4.78, 5) is 4.45. The summed E-state index contributed by atoms with van der Waals surface area (Å²) in [6.45, 7) is 1.79. The molecule has 0 aromatic carbocycles. The Labute approximate surface area is 74.6 Å². The van der Waals surface area contributed by atoms with Crippen LogP contribution in [0.25, 0.3) is 0 Å². The van der Waals surface area contributed by atoms with E-state index in [9.17, 15) is 0 Å². The maximum Gasteiger partial charge on any atom is 0.278 e. The molecule has 0 radical (unpaired) electrons. The molecule has 0 aromatic rings. The second-order valence-electron chi connectivity index (χ2n) is 0.953. The monoisotopic (exact) mass is 338 g/mol. The Bertz CT molecular complexity index is 118. The van der Waals surface area contributed by atoms with E-state index in [0.717, 1.165) is 3.72 Å². The van der Waals surface area contributed by atoms with Crippen molar-refractivity contribution in [3.8, 4) is 0 Å². The van der Waals surface area contributed by atoms with Crippen molar-refractivity contribution < 1.29 is 4.84 Å². The van der Waals surface area contributed by atoms with Gasteiger partial charge in [0.25, 0.3) is 3.90 Å². The van der Waals surface area contributed by atoms with Crippen molar-refractivity contribution in [1.29, 1.82) is 5.41 Å².